The van der Waals surface area contributed by atoms with Crippen LogP contribution in [0, 0.1) is 5.92 Å². The van der Waals surface area contributed by atoms with Crippen LogP contribution in [-0.2, 0) is 68.7 Å². The fourth-order valence-corrected chi connectivity index (χ4v) is 9.10. The first-order valence-corrected chi connectivity index (χ1v) is 29.6. The Balaban J connectivity index is 2.66. The van der Waals surface area contributed by atoms with E-state index in [1.807, 2.05) is 6.92 Å². The molecule has 31 nitrogen and oxygen atoms in total. The number of nitrogens with one attached hydrogen (secondary N) is 11. The van der Waals surface area contributed by atoms with Crippen LogP contribution in [0.5, 0.6) is 0 Å². The molecule has 2 unspecified atom stereocenters. The van der Waals surface area contributed by atoms with Crippen LogP contribution < -0.4 is 87.2 Å². The maximum atomic E-state index is 14.5. The van der Waals surface area contributed by atoms with E-state index in [1.54, 1.807) is 51.1 Å². The lowest BCUT2D eigenvalue weighted by atomic mass is 10.00. The molecule has 13 atom stereocenters. The Kier molecular flexibility index (Phi) is 34.9. The topological polar surface area (TPSA) is 517 Å². The van der Waals surface area contributed by atoms with Crippen LogP contribution in [-0.4, -0.2) is 199 Å². The number of aliphatic hydroxyl groups excluding tert-OH is 2. The Hall–Kier alpha value is -7.42. The monoisotopic (exact) mass is 1230 g/mol. The number of carbonyl (C=O) groups is 12. The van der Waals surface area contributed by atoms with Crippen LogP contribution in [0.15, 0.2) is 30.3 Å². The van der Waals surface area contributed by atoms with Gasteiger partial charge in [-0.05, 0) is 116 Å². The van der Waals surface area contributed by atoms with Crippen molar-refractivity contribution in [3.8, 4) is 0 Å². The zero-order valence-corrected chi connectivity index (χ0v) is 50.8. The van der Waals surface area contributed by atoms with Crippen molar-refractivity contribution in [1.29, 1.82) is 0 Å². The molecule has 1 aliphatic heterocycles. The van der Waals surface area contributed by atoms with Gasteiger partial charge in [-0.3, -0.25) is 57.5 Å². The third-order valence-corrected chi connectivity index (χ3v) is 13.8. The summed E-state index contributed by atoms with van der Waals surface area (Å²) in [6.07, 6.45) is -4.46. The molecule has 1 saturated heterocycles. The zero-order valence-electron chi connectivity index (χ0n) is 50.8. The molecule has 0 aromatic heterocycles. The van der Waals surface area contributed by atoms with E-state index >= 15 is 0 Å². The summed E-state index contributed by atoms with van der Waals surface area (Å²) in [6.45, 7) is 8.17. The summed E-state index contributed by atoms with van der Waals surface area (Å²) in [5.74, 6) is -11.2. The van der Waals surface area contributed by atoms with E-state index in [9.17, 15) is 67.7 Å². The second-order valence-corrected chi connectivity index (χ2v) is 21.9. The molecular weight excluding hydrogens is 1140 g/mol. The van der Waals surface area contributed by atoms with Gasteiger partial charge in [0.2, 0.25) is 65.0 Å². The second kappa shape index (κ2) is 40.1. The molecule has 0 aliphatic carbocycles. The predicted molar refractivity (Wildman–Crippen MR) is 318 cm³/mol. The van der Waals surface area contributed by atoms with Gasteiger partial charge >= 0.3 is 5.97 Å². The fraction of sp³-hybridized carbons (Fsp3) is 0.679. The summed E-state index contributed by atoms with van der Waals surface area (Å²) in [5.41, 5.74) is 29.9. The number of esters is 1. The van der Waals surface area contributed by atoms with Crippen LogP contribution in [0.25, 0.3) is 0 Å². The van der Waals surface area contributed by atoms with Crippen LogP contribution in [0.2, 0.25) is 0 Å². The molecular formula is C56H96N16O15. The number of carbonyl (C=O) groups excluding carboxylic acids is 12. The number of nitrogens with two attached hydrogens (primary N) is 5. The summed E-state index contributed by atoms with van der Waals surface area (Å²) in [7, 11) is 0. The number of ether oxygens (including phenoxy) is 1. The van der Waals surface area contributed by atoms with E-state index in [0.717, 1.165) is 13.3 Å². The summed E-state index contributed by atoms with van der Waals surface area (Å²) in [5, 5.41) is 49.3. The number of benzene rings is 1. The molecule has 31 heteroatoms. The highest BCUT2D eigenvalue weighted by Gasteiger charge is 2.38. The number of hydrogen-bond donors (Lipinski definition) is 18. The summed E-state index contributed by atoms with van der Waals surface area (Å²) in [6, 6.07) is -6.70. The van der Waals surface area contributed by atoms with Gasteiger partial charge in [-0.15, -0.1) is 0 Å². The lowest BCUT2D eigenvalue weighted by molar-refractivity contribution is -0.149. The third-order valence-electron chi connectivity index (χ3n) is 13.8. The van der Waals surface area contributed by atoms with Crippen LogP contribution in [0.4, 0.5) is 0 Å². The molecule has 0 saturated carbocycles. The van der Waals surface area contributed by atoms with Gasteiger partial charge in [0.1, 0.15) is 60.4 Å². The first-order valence-electron chi connectivity index (χ1n) is 29.6. The third kappa shape index (κ3) is 27.4. The predicted octanol–water partition coefficient (Wildman–Crippen LogP) is -6.34. The van der Waals surface area contributed by atoms with Gasteiger partial charge < -0.3 is 102 Å². The lowest BCUT2D eigenvalue weighted by Crippen LogP contribution is -2.62. The quantitative estimate of drug-likeness (QED) is 0.0332. The van der Waals surface area contributed by atoms with Crippen molar-refractivity contribution in [2.24, 2.45) is 34.6 Å². The van der Waals surface area contributed by atoms with Gasteiger partial charge in [0.15, 0.2) is 0 Å². The van der Waals surface area contributed by atoms with E-state index < -0.39 is 157 Å². The van der Waals surface area contributed by atoms with Crippen molar-refractivity contribution in [3.63, 3.8) is 0 Å². The minimum Gasteiger partial charge on any atom is -0.463 e. The Bertz CT molecular complexity index is 2420. The molecule has 1 aromatic carbocycles. The summed E-state index contributed by atoms with van der Waals surface area (Å²) in [4.78, 5) is 166. The highest BCUT2D eigenvalue weighted by molar-refractivity contribution is 5.99. The average molecular weight is 1230 g/mol. The number of aliphatic hydroxyl groups is 2. The minimum atomic E-state index is -1.78. The molecule has 11 amide bonds. The largest absolute Gasteiger partial charge is 0.463 e. The molecule has 1 heterocycles. The normalized spacial score (nSPS) is 22.6. The standard InChI is InChI=1S/C56H96N16O15/c1-7-11-31(4)87-44(76)15-14-43(75)63-35(16-22-57)51(81)72-46(33(6)74)56(86)68-38(19-25-60)48(78)67-40-21-27-62-55(85)45(32(5)73)71-52(82)39(20-26-61)65-47(77)36(17-23-58)66-53(83)41(28-30(2)3)69-54(84)42(29-34-12-9-8-10-13-34)70-49(79)37(18-24-59)64-50(40)80/h8-10,12-13,30-33,35-42,45-46,73-74H,7,11,14-29,57-61H2,1-6H3,(H,62,85)(H,63,75)(H,64,80)(H,65,77)(H,66,83)(H,67,78)(H,68,86)(H,69,84)(H,70,79)(H,71,82)(H,72,81)/t31?,32-,33?,35-,36-,37-,38-,39-,40-,41-,42+,45-,46-/m0/s1. The second-order valence-electron chi connectivity index (χ2n) is 21.9. The van der Waals surface area contributed by atoms with Crippen molar-refractivity contribution < 1.29 is 72.5 Å². The van der Waals surface area contributed by atoms with Gasteiger partial charge in [-0.2, -0.15) is 0 Å². The Morgan fingerprint density at radius 1 is 0.575 bits per heavy atom. The smallest absolute Gasteiger partial charge is 0.306 e. The molecule has 0 spiro atoms. The molecule has 1 fully saturated rings. The van der Waals surface area contributed by atoms with Crippen molar-refractivity contribution in [1.82, 2.24) is 58.5 Å². The first kappa shape index (κ1) is 75.7. The molecule has 1 aliphatic rings. The van der Waals surface area contributed by atoms with Gasteiger partial charge in [-0.25, -0.2) is 0 Å². The average Bonchev–Trinajstić information content (AvgIpc) is 3.64. The van der Waals surface area contributed by atoms with Crippen LogP contribution >= 0.6 is 0 Å². The highest BCUT2D eigenvalue weighted by Crippen LogP contribution is 2.12. The molecule has 2 rings (SSSR count). The Labute approximate surface area is 507 Å². The molecule has 1 aromatic rings. The van der Waals surface area contributed by atoms with Crippen LogP contribution in [0.3, 0.4) is 0 Å². The summed E-state index contributed by atoms with van der Waals surface area (Å²) < 4.78 is 5.28. The molecule has 87 heavy (non-hydrogen) atoms. The van der Waals surface area contributed by atoms with Gasteiger partial charge in [0, 0.05) is 19.4 Å². The van der Waals surface area contributed by atoms with Gasteiger partial charge in [-0.1, -0.05) is 57.5 Å². The fourth-order valence-electron chi connectivity index (χ4n) is 9.10. The Morgan fingerprint density at radius 2 is 1.07 bits per heavy atom. The number of rotatable bonds is 29. The first-order chi connectivity index (χ1) is 41.2. The number of amides is 11. The van der Waals surface area contributed by atoms with E-state index in [1.165, 1.54) is 6.92 Å². The van der Waals surface area contributed by atoms with Crippen molar-refractivity contribution in [2.45, 2.75) is 197 Å². The maximum absolute atomic E-state index is 14.5. The molecule has 23 N–H and O–H groups in total. The molecule has 0 radical (unpaired) electrons. The van der Waals surface area contributed by atoms with Crippen molar-refractivity contribution in [3.05, 3.63) is 35.9 Å². The van der Waals surface area contributed by atoms with Crippen molar-refractivity contribution >= 4 is 70.9 Å². The lowest BCUT2D eigenvalue weighted by Gasteiger charge is -2.29. The molecule has 0 bridgehead atoms. The molecule has 490 valence electrons. The SMILES string of the molecule is CCCC(C)OC(=O)CCC(=O)N[C@@H](CCN)C(=O)N[C@H](C(=O)N[C@@H](CCN)C(=O)N[C@H]1CCNC(=O)[C@H]([C@H](C)O)NC(=O)[C@H](CCN)NC(=O)[C@H](CCN)NC(=O)[C@H](CC(C)C)NC(=O)[C@@H](Cc2ccccc2)NC(=O)[C@H](CCN)NC1=O)C(C)O. The van der Waals surface area contributed by atoms with E-state index in [0.29, 0.717) is 12.0 Å². The van der Waals surface area contributed by atoms with E-state index in [-0.39, 0.29) is 103 Å². The summed E-state index contributed by atoms with van der Waals surface area (Å²) >= 11 is 0. The Morgan fingerprint density at radius 3 is 1.57 bits per heavy atom. The minimum absolute atomic E-state index is 0.0339. The van der Waals surface area contributed by atoms with Crippen LogP contribution in [0.1, 0.15) is 118 Å². The maximum Gasteiger partial charge on any atom is 0.306 e. The van der Waals surface area contributed by atoms with E-state index in [4.69, 9.17) is 33.4 Å². The van der Waals surface area contributed by atoms with E-state index in [2.05, 4.69) is 58.5 Å². The zero-order chi connectivity index (χ0) is 65.3. The van der Waals surface area contributed by atoms with Gasteiger partial charge in [0.25, 0.3) is 0 Å². The van der Waals surface area contributed by atoms with Crippen molar-refractivity contribution in [2.75, 3.05) is 39.3 Å². The highest BCUT2D eigenvalue weighted by atomic mass is 16.5. The number of hydrogen-bond acceptors (Lipinski definition) is 20. The van der Waals surface area contributed by atoms with Gasteiger partial charge in [0.05, 0.1) is 24.7 Å².